The van der Waals surface area contributed by atoms with Crippen LogP contribution in [0, 0.1) is 6.92 Å². The summed E-state index contributed by atoms with van der Waals surface area (Å²) in [6.45, 7) is 1.69. The molecular formula is C18H17NO4. The Morgan fingerprint density at radius 1 is 0.957 bits per heavy atom. The number of methoxy groups -OCH3 is 1. The first kappa shape index (κ1) is 16.4. The molecule has 0 unspecified atom stereocenters. The van der Waals surface area contributed by atoms with E-state index in [1.165, 1.54) is 7.11 Å². The average molecular weight is 311 g/mol. The zero-order valence-electron chi connectivity index (χ0n) is 13.0. The zero-order valence-corrected chi connectivity index (χ0v) is 13.0. The Kier molecular flexibility index (Phi) is 5.25. The number of hydrogen-bond donors (Lipinski definition) is 1. The molecule has 5 heteroatoms. The lowest BCUT2D eigenvalue weighted by Gasteiger charge is -2.09. The van der Waals surface area contributed by atoms with E-state index in [1.54, 1.807) is 36.4 Å². The van der Waals surface area contributed by atoms with Crippen molar-refractivity contribution in [2.75, 3.05) is 13.7 Å². The van der Waals surface area contributed by atoms with Crippen LogP contribution in [0.5, 0.6) is 0 Å². The minimum absolute atomic E-state index is 0.224. The van der Waals surface area contributed by atoms with Gasteiger partial charge in [0.15, 0.2) is 5.78 Å². The third-order valence-electron chi connectivity index (χ3n) is 3.35. The molecule has 0 spiro atoms. The summed E-state index contributed by atoms with van der Waals surface area (Å²) >= 11 is 0. The van der Waals surface area contributed by atoms with Gasteiger partial charge in [-0.1, -0.05) is 48.0 Å². The predicted molar refractivity (Wildman–Crippen MR) is 85.4 cm³/mol. The molecule has 0 aromatic heterocycles. The van der Waals surface area contributed by atoms with E-state index in [1.807, 2.05) is 19.1 Å². The second-order valence-corrected chi connectivity index (χ2v) is 5.00. The van der Waals surface area contributed by atoms with Crippen molar-refractivity contribution in [1.82, 2.24) is 5.32 Å². The minimum Gasteiger partial charge on any atom is -0.468 e. The topological polar surface area (TPSA) is 72.5 Å². The smallest absolute Gasteiger partial charge is 0.325 e. The van der Waals surface area contributed by atoms with Crippen LogP contribution in [0.4, 0.5) is 0 Å². The second kappa shape index (κ2) is 7.35. The Labute approximate surface area is 134 Å². The van der Waals surface area contributed by atoms with Gasteiger partial charge in [-0.25, -0.2) is 0 Å². The van der Waals surface area contributed by atoms with E-state index in [0.29, 0.717) is 11.1 Å². The van der Waals surface area contributed by atoms with Gasteiger partial charge in [-0.3, -0.25) is 14.4 Å². The van der Waals surface area contributed by atoms with Crippen molar-refractivity contribution in [2.45, 2.75) is 6.92 Å². The van der Waals surface area contributed by atoms with Crippen LogP contribution in [0.3, 0.4) is 0 Å². The van der Waals surface area contributed by atoms with Crippen molar-refractivity contribution in [3.05, 3.63) is 70.8 Å². The molecule has 0 aliphatic carbocycles. The van der Waals surface area contributed by atoms with Gasteiger partial charge in [0, 0.05) is 11.1 Å². The number of benzene rings is 2. The molecule has 0 radical (unpaired) electrons. The van der Waals surface area contributed by atoms with E-state index in [2.05, 4.69) is 10.1 Å². The highest BCUT2D eigenvalue weighted by Gasteiger charge is 2.18. The fraction of sp³-hybridized carbons (Fsp3) is 0.167. The highest BCUT2D eigenvalue weighted by molar-refractivity contribution is 6.15. The van der Waals surface area contributed by atoms with Gasteiger partial charge in [0.25, 0.3) is 5.91 Å². The lowest BCUT2D eigenvalue weighted by Crippen LogP contribution is -2.31. The van der Waals surface area contributed by atoms with Gasteiger partial charge in [-0.2, -0.15) is 0 Å². The van der Waals surface area contributed by atoms with Gasteiger partial charge in [0.2, 0.25) is 0 Å². The molecule has 0 heterocycles. The van der Waals surface area contributed by atoms with E-state index < -0.39 is 11.9 Å². The van der Waals surface area contributed by atoms with Crippen LogP contribution in [0.25, 0.3) is 0 Å². The zero-order chi connectivity index (χ0) is 16.8. The molecule has 2 aromatic carbocycles. The van der Waals surface area contributed by atoms with E-state index in [0.717, 1.165) is 5.56 Å². The molecule has 0 aliphatic rings. The molecule has 2 aromatic rings. The SMILES string of the molecule is COC(=O)CNC(=O)c1ccccc1C(=O)c1ccc(C)cc1. The molecule has 2 rings (SSSR count). The summed E-state index contributed by atoms with van der Waals surface area (Å²) in [5.74, 6) is -1.29. The van der Waals surface area contributed by atoms with Crippen LogP contribution in [0.15, 0.2) is 48.5 Å². The maximum absolute atomic E-state index is 12.6. The van der Waals surface area contributed by atoms with Gasteiger partial charge in [0.1, 0.15) is 6.54 Å². The molecule has 1 N–H and O–H groups in total. The maximum Gasteiger partial charge on any atom is 0.325 e. The summed E-state index contributed by atoms with van der Waals surface area (Å²) in [6, 6.07) is 13.6. The molecule has 0 atom stereocenters. The first-order valence-corrected chi connectivity index (χ1v) is 7.08. The second-order valence-electron chi connectivity index (χ2n) is 5.00. The van der Waals surface area contributed by atoms with Gasteiger partial charge < -0.3 is 10.1 Å². The number of aryl methyl sites for hydroxylation is 1. The van der Waals surface area contributed by atoms with Crippen molar-refractivity contribution in [1.29, 1.82) is 0 Å². The van der Waals surface area contributed by atoms with Crippen LogP contribution in [-0.2, 0) is 9.53 Å². The number of carbonyl (C=O) groups is 3. The van der Waals surface area contributed by atoms with Gasteiger partial charge >= 0.3 is 5.97 Å². The van der Waals surface area contributed by atoms with Crippen LogP contribution in [0.2, 0.25) is 0 Å². The average Bonchev–Trinajstić information content (AvgIpc) is 2.59. The summed E-state index contributed by atoms with van der Waals surface area (Å²) in [5.41, 5.74) is 2.06. The van der Waals surface area contributed by atoms with Crippen molar-refractivity contribution in [3.63, 3.8) is 0 Å². The molecule has 118 valence electrons. The minimum atomic E-state index is -0.555. The Hall–Kier alpha value is -2.95. The standard InChI is InChI=1S/C18H17NO4/c1-12-7-9-13(10-8-12)17(21)14-5-3-4-6-15(14)18(22)19-11-16(20)23-2/h3-10H,11H2,1-2H3,(H,19,22). The maximum atomic E-state index is 12.6. The number of ketones is 1. The van der Waals surface area contributed by atoms with Gasteiger partial charge in [-0.05, 0) is 13.0 Å². The van der Waals surface area contributed by atoms with E-state index in [9.17, 15) is 14.4 Å². The summed E-state index contributed by atoms with van der Waals surface area (Å²) in [7, 11) is 1.24. The predicted octanol–water partition coefficient (Wildman–Crippen LogP) is 2.13. The van der Waals surface area contributed by atoms with Crippen LogP contribution in [-0.4, -0.2) is 31.3 Å². The van der Waals surface area contributed by atoms with Crippen molar-refractivity contribution in [2.24, 2.45) is 0 Å². The Morgan fingerprint density at radius 2 is 1.57 bits per heavy atom. The summed E-state index contributed by atoms with van der Waals surface area (Å²) < 4.78 is 4.47. The lowest BCUT2D eigenvalue weighted by molar-refractivity contribution is -0.139. The number of ether oxygens (including phenoxy) is 1. The quantitative estimate of drug-likeness (QED) is 0.678. The molecule has 23 heavy (non-hydrogen) atoms. The van der Waals surface area contributed by atoms with E-state index in [4.69, 9.17) is 0 Å². The van der Waals surface area contributed by atoms with Crippen LogP contribution in [0.1, 0.15) is 31.8 Å². The van der Waals surface area contributed by atoms with Crippen LogP contribution < -0.4 is 5.32 Å². The molecule has 5 nitrogen and oxygen atoms in total. The first-order chi connectivity index (χ1) is 11.0. The Balaban J connectivity index is 2.26. The third-order valence-corrected chi connectivity index (χ3v) is 3.35. The lowest BCUT2D eigenvalue weighted by atomic mass is 9.97. The number of nitrogens with one attached hydrogen (secondary N) is 1. The Morgan fingerprint density at radius 3 is 2.17 bits per heavy atom. The van der Waals surface area contributed by atoms with Gasteiger partial charge in [-0.15, -0.1) is 0 Å². The number of rotatable bonds is 5. The number of carbonyl (C=O) groups excluding carboxylic acids is 3. The first-order valence-electron chi connectivity index (χ1n) is 7.08. The third kappa shape index (κ3) is 4.03. The monoisotopic (exact) mass is 311 g/mol. The van der Waals surface area contributed by atoms with E-state index in [-0.39, 0.29) is 17.9 Å². The fourth-order valence-corrected chi connectivity index (χ4v) is 2.06. The summed E-state index contributed by atoms with van der Waals surface area (Å²) in [4.78, 5) is 35.9. The van der Waals surface area contributed by atoms with Crippen LogP contribution >= 0.6 is 0 Å². The fourth-order valence-electron chi connectivity index (χ4n) is 2.06. The number of amides is 1. The Bertz CT molecular complexity index is 735. The summed E-state index contributed by atoms with van der Waals surface area (Å²) in [6.07, 6.45) is 0. The molecule has 1 amide bonds. The van der Waals surface area contributed by atoms with Gasteiger partial charge in [0.05, 0.1) is 12.7 Å². The molecule has 0 aliphatic heterocycles. The van der Waals surface area contributed by atoms with Crippen molar-refractivity contribution < 1.29 is 19.1 Å². The highest BCUT2D eigenvalue weighted by atomic mass is 16.5. The summed E-state index contributed by atoms with van der Waals surface area (Å²) in [5, 5.41) is 2.44. The van der Waals surface area contributed by atoms with Crippen molar-refractivity contribution >= 4 is 17.7 Å². The molecule has 0 fully saturated rings. The largest absolute Gasteiger partial charge is 0.468 e. The molecular weight excluding hydrogens is 294 g/mol. The highest BCUT2D eigenvalue weighted by Crippen LogP contribution is 2.15. The normalized spacial score (nSPS) is 10.0. The molecule has 0 saturated carbocycles. The van der Waals surface area contributed by atoms with Crippen molar-refractivity contribution in [3.8, 4) is 0 Å². The molecule has 0 saturated heterocycles. The van der Waals surface area contributed by atoms with E-state index >= 15 is 0 Å². The molecule has 0 bridgehead atoms. The number of hydrogen-bond acceptors (Lipinski definition) is 4. The number of esters is 1.